The third-order valence-corrected chi connectivity index (χ3v) is 8.05. The van der Waals surface area contributed by atoms with Gasteiger partial charge in [-0.25, -0.2) is 0 Å². The highest BCUT2D eigenvalue weighted by Gasteiger charge is 2.60. The molecule has 0 saturated heterocycles. The standard InChI is InChI=1S/C19H30O3.H2O4S/c1-18-7-5-12(20)9-11(18)3-4-13-14(18)6-8-19(2)15(13)10-16(21)17(19)22;1-5(2,3)4/h3,12-17,20-22H,4-10H2,1-2H3;(H2,1,2,3,4)/t12-,13+,14-,15-,16+,17-,18-,19-;/m0./s1. The van der Waals surface area contributed by atoms with Gasteiger partial charge in [0.15, 0.2) is 0 Å². The number of rotatable bonds is 0. The van der Waals surface area contributed by atoms with Crippen molar-refractivity contribution in [1.29, 1.82) is 0 Å². The van der Waals surface area contributed by atoms with Crippen LogP contribution in [0, 0.1) is 28.6 Å². The van der Waals surface area contributed by atoms with Crippen LogP contribution in [0.3, 0.4) is 0 Å². The van der Waals surface area contributed by atoms with Crippen LogP contribution in [0.2, 0.25) is 0 Å². The lowest BCUT2D eigenvalue weighted by Gasteiger charge is -2.57. The summed E-state index contributed by atoms with van der Waals surface area (Å²) in [6, 6.07) is 0. The smallest absolute Gasteiger partial charge is 0.393 e. The van der Waals surface area contributed by atoms with Gasteiger partial charge in [0.25, 0.3) is 0 Å². The SMILES string of the molecule is C[C@]12CC[C@H]3[C@@H](CC=C4C[C@@H](O)CC[C@@]43C)[C@@H]1C[C@@H](O)[C@@H]2O.O=S(=O)(O)O. The molecule has 5 N–H and O–H groups in total. The minimum atomic E-state index is -4.67. The Morgan fingerprint density at radius 2 is 1.67 bits per heavy atom. The van der Waals surface area contributed by atoms with Gasteiger partial charge in [-0.15, -0.1) is 0 Å². The van der Waals surface area contributed by atoms with Crippen LogP contribution in [-0.4, -0.2) is 51.2 Å². The lowest BCUT2D eigenvalue weighted by atomic mass is 9.48. The minimum Gasteiger partial charge on any atom is -0.393 e. The Balaban J connectivity index is 0.000000376. The third kappa shape index (κ3) is 3.84. The average Bonchev–Trinajstić information content (AvgIpc) is 2.78. The molecule has 8 heteroatoms. The zero-order valence-corrected chi connectivity index (χ0v) is 16.8. The van der Waals surface area contributed by atoms with Crippen molar-refractivity contribution in [1.82, 2.24) is 0 Å². The van der Waals surface area contributed by atoms with Gasteiger partial charge in [0.05, 0.1) is 18.3 Å². The molecule has 0 aromatic rings. The molecule has 27 heavy (non-hydrogen) atoms. The third-order valence-electron chi connectivity index (χ3n) is 8.05. The molecule has 0 bridgehead atoms. The van der Waals surface area contributed by atoms with Crippen molar-refractivity contribution in [3.05, 3.63) is 11.6 Å². The summed E-state index contributed by atoms with van der Waals surface area (Å²) in [5.74, 6) is 1.70. The molecular weight excluding hydrogens is 372 g/mol. The molecule has 4 aliphatic carbocycles. The summed E-state index contributed by atoms with van der Waals surface area (Å²) in [5, 5.41) is 30.7. The van der Waals surface area contributed by atoms with E-state index in [-0.39, 0.29) is 16.9 Å². The second kappa shape index (κ2) is 7.07. The molecule has 0 amide bonds. The normalized spacial score (nSPS) is 49.1. The first-order valence-electron chi connectivity index (χ1n) is 9.80. The molecule has 0 radical (unpaired) electrons. The van der Waals surface area contributed by atoms with E-state index in [1.165, 1.54) is 5.57 Å². The fraction of sp³-hybridized carbons (Fsp3) is 0.895. The Bertz CT molecular complexity index is 697. The van der Waals surface area contributed by atoms with Gasteiger partial charge >= 0.3 is 10.4 Å². The largest absolute Gasteiger partial charge is 0.394 e. The van der Waals surface area contributed by atoms with Crippen LogP contribution in [0.25, 0.3) is 0 Å². The molecule has 7 nitrogen and oxygen atoms in total. The number of allylic oxidation sites excluding steroid dienone is 1. The summed E-state index contributed by atoms with van der Waals surface area (Å²) in [7, 11) is -4.67. The summed E-state index contributed by atoms with van der Waals surface area (Å²) in [5.41, 5.74) is 1.62. The molecule has 4 rings (SSSR count). The van der Waals surface area contributed by atoms with Crippen molar-refractivity contribution in [2.45, 2.75) is 77.1 Å². The summed E-state index contributed by atoms with van der Waals surface area (Å²) in [6.45, 7) is 4.60. The van der Waals surface area contributed by atoms with Gasteiger partial charge in [-0.05, 0) is 73.5 Å². The molecule has 4 aliphatic rings. The Kier molecular flexibility index (Phi) is 5.56. The van der Waals surface area contributed by atoms with Crippen molar-refractivity contribution in [3.63, 3.8) is 0 Å². The predicted molar refractivity (Wildman–Crippen MR) is 99.3 cm³/mol. The van der Waals surface area contributed by atoms with Crippen LogP contribution in [0.4, 0.5) is 0 Å². The lowest BCUT2D eigenvalue weighted by Crippen LogP contribution is -2.51. The minimum absolute atomic E-state index is 0.101. The first-order chi connectivity index (χ1) is 12.4. The van der Waals surface area contributed by atoms with Crippen LogP contribution >= 0.6 is 0 Å². The Hall–Kier alpha value is -0.510. The van der Waals surface area contributed by atoms with E-state index in [1.54, 1.807) is 0 Å². The molecular formula is C19H32O7S. The first-order valence-corrected chi connectivity index (χ1v) is 11.2. The molecule has 0 unspecified atom stereocenters. The molecule has 156 valence electrons. The van der Waals surface area contributed by atoms with E-state index >= 15 is 0 Å². The molecule has 0 aliphatic heterocycles. The van der Waals surface area contributed by atoms with E-state index in [4.69, 9.17) is 17.5 Å². The summed E-state index contributed by atoms with van der Waals surface area (Å²) in [4.78, 5) is 0. The predicted octanol–water partition coefficient (Wildman–Crippen LogP) is 1.99. The van der Waals surface area contributed by atoms with Gasteiger partial charge in [-0.2, -0.15) is 8.42 Å². The number of aliphatic hydroxyl groups excluding tert-OH is 3. The van der Waals surface area contributed by atoms with E-state index < -0.39 is 22.6 Å². The van der Waals surface area contributed by atoms with E-state index in [0.29, 0.717) is 17.8 Å². The van der Waals surface area contributed by atoms with Gasteiger partial charge in [0, 0.05) is 0 Å². The van der Waals surface area contributed by atoms with Crippen LogP contribution in [0.5, 0.6) is 0 Å². The zero-order valence-electron chi connectivity index (χ0n) is 16.0. The fourth-order valence-corrected chi connectivity index (χ4v) is 6.63. The monoisotopic (exact) mass is 404 g/mol. The van der Waals surface area contributed by atoms with Crippen molar-refractivity contribution in [2.24, 2.45) is 28.6 Å². The topological polar surface area (TPSA) is 135 Å². The Morgan fingerprint density at radius 3 is 2.30 bits per heavy atom. The summed E-state index contributed by atoms with van der Waals surface area (Å²) >= 11 is 0. The maximum atomic E-state index is 10.5. The van der Waals surface area contributed by atoms with Crippen LogP contribution in [0.1, 0.15) is 58.8 Å². The summed E-state index contributed by atoms with van der Waals surface area (Å²) in [6.07, 6.45) is 8.04. The average molecular weight is 405 g/mol. The molecule has 3 fully saturated rings. The van der Waals surface area contributed by atoms with E-state index in [9.17, 15) is 15.3 Å². The highest BCUT2D eigenvalue weighted by atomic mass is 32.3. The van der Waals surface area contributed by atoms with Crippen LogP contribution in [0.15, 0.2) is 11.6 Å². The fourth-order valence-electron chi connectivity index (χ4n) is 6.63. The maximum Gasteiger partial charge on any atom is 0.394 e. The second-order valence-corrected chi connectivity index (χ2v) is 10.3. The van der Waals surface area contributed by atoms with Crippen molar-refractivity contribution < 1.29 is 32.8 Å². The number of aliphatic hydroxyl groups is 3. The quantitative estimate of drug-likeness (QED) is 0.308. The molecule has 0 spiro atoms. The van der Waals surface area contributed by atoms with Crippen molar-refractivity contribution in [3.8, 4) is 0 Å². The van der Waals surface area contributed by atoms with Crippen molar-refractivity contribution in [2.75, 3.05) is 0 Å². The van der Waals surface area contributed by atoms with E-state index in [0.717, 1.165) is 44.9 Å². The molecule has 8 atom stereocenters. The molecule has 3 saturated carbocycles. The van der Waals surface area contributed by atoms with Gasteiger partial charge < -0.3 is 15.3 Å². The lowest BCUT2D eigenvalue weighted by molar-refractivity contribution is -0.0817. The maximum absolute atomic E-state index is 10.5. The number of fused-ring (bicyclic) bond motifs is 5. The molecule has 0 aromatic heterocycles. The molecule has 0 heterocycles. The van der Waals surface area contributed by atoms with Gasteiger partial charge in [-0.3, -0.25) is 9.11 Å². The van der Waals surface area contributed by atoms with Gasteiger partial charge in [-0.1, -0.05) is 25.5 Å². The van der Waals surface area contributed by atoms with E-state index in [1.807, 2.05) is 0 Å². The Morgan fingerprint density at radius 1 is 1.04 bits per heavy atom. The van der Waals surface area contributed by atoms with Crippen LogP contribution in [-0.2, 0) is 10.4 Å². The number of hydrogen-bond acceptors (Lipinski definition) is 5. The summed E-state index contributed by atoms with van der Waals surface area (Å²) < 4.78 is 31.6. The zero-order chi connectivity index (χ0) is 20.2. The Labute approximate surface area is 161 Å². The van der Waals surface area contributed by atoms with Gasteiger partial charge in [0.2, 0.25) is 0 Å². The van der Waals surface area contributed by atoms with Gasteiger partial charge in [0.1, 0.15) is 0 Å². The van der Waals surface area contributed by atoms with E-state index in [2.05, 4.69) is 19.9 Å². The number of hydrogen-bond donors (Lipinski definition) is 5. The highest BCUT2D eigenvalue weighted by Crippen LogP contribution is 2.64. The highest BCUT2D eigenvalue weighted by molar-refractivity contribution is 7.79. The van der Waals surface area contributed by atoms with Crippen molar-refractivity contribution >= 4 is 10.4 Å². The molecule has 0 aromatic carbocycles. The van der Waals surface area contributed by atoms with Crippen LogP contribution < -0.4 is 0 Å². The second-order valence-electron chi connectivity index (χ2n) is 9.40. The first kappa shape index (κ1) is 21.2.